The zero-order chi connectivity index (χ0) is 9.83. The van der Waals surface area contributed by atoms with Crippen molar-refractivity contribution in [2.45, 2.75) is 13.1 Å². The molecule has 0 N–H and O–H groups in total. The van der Waals surface area contributed by atoms with Gasteiger partial charge in [-0.2, -0.15) is 13.2 Å². The lowest BCUT2D eigenvalue weighted by Crippen LogP contribution is -2.15. The van der Waals surface area contributed by atoms with Gasteiger partial charge in [0, 0.05) is 0 Å². The summed E-state index contributed by atoms with van der Waals surface area (Å²) in [6.45, 7) is -0.949. The van der Waals surface area contributed by atoms with Gasteiger partial charge in [0.15, 0.2) is 6.61 Å². The lowest BCUT2D eigenvalue weighted by Gasteiger charge is -2.10. The number of hydrogen-bond acceptors (Lipinski definition) is 3. The van der Waals surface area contributed by atoms with E-state index in [1.54, 1.807) is 0 Å². The molecule has 0 heterocycles. The normalized spacial score (nSPS) is 17.4. The first-order valence-electron chi connectivity index (χ1n) is 2.92. The largest absolute Gasteiger partial charge is 0.513 e. The van der Waals surface area contributed by atoms with Gasteiger partial charge in [-0.3, -0.25) is 9.05 Å². The number of hydrogen-bond donors (Lipinski definition) is 0. The molecule has 12 heavy (non-hydrogen) atoms. The summed E-state index contributed by atoms with van der Waals surface area (Å²) >= 11 is 0. The van der Waals surface area contributed by atoms with E-state index in [0.717, 1.165) is 0 Å². The molecule has 3 nitrogen and oxygen atoms in total. The summed E-state index contributed by atoms with van der Waals surface area (Å²) < 4.78 is 63.7. The fourth-order valence-corrected chi connectivity index (χ4v) is 1.03. The van der Waals surface area contributed by atoms with Crippen LogP contribution in [0.15, 0.2) is 0 Å². The molecule has 0 saturated carbocycles. The molecular formula is C4H7F4O3P. The van der Waals surface area contributed by atoms with Gasteiger partial charge < -0.3 is 0 Å². The van der Waals surface area contributed by atoms with E-state index in [1.807, 2.05) is 0 Å². The second kappa shape index (κ2) is 4.20. The van der Waals surface area contributed by atoms with Crippen molar-refractivity contribution in [3.63, 3.8) is 0 Å². The molecule has 0 aliphatic heterocycles. The highest BCUT2D eigenvalue weighted by molar-refractivity contribution is 7.48. The first-order valence-corrected chi connectivity index (χ1v) is 4.36. The summed E-state index contributed by atoms with van der Waals surface area (Å²) in [5.74, 6) is 0. The third kappa shape index (κ3) is 6.57. The van der Waals surface area contributed by atoms with Crippen molar-refractivity contribution >= 4 is 7.91 Å². The maximum atomic E-state index is 12.2. The molecule has 0 aromatic heterocycles. The summed E-state index contributed by atoms with van der Waals surface area (Å²) in [5.41, 5.74) is 0. The minimum Gasteiger partial charge on any atom is -0.284 e. The lowest BCUT2D eigenvalue weighted by molar-refractivity contribution is -0.156. The van der Waals surface area contributed by atoms with E-state index in [-0.39, 0.29) is 6.61 Å². The zero-order valence-corrected chi connectivity index (χ0v) is 6.99. The highest BCUT2D eigenvalue weighted by Gasteiger charge is 2.34. The van der Waals surface area contributed by atoms with Crippen LogP contribution in [0.25, 0.3) is 0 Å². The van der Waals surface area contributed by atoms with Crippen molar-refractivity contribution < 1.29 is 31.0 Å². The SMILES string of the molecule is CCOP(=O)(F)OCC(F)(F)F. The minimum absolute atomic E-state index is 0.314. The van der Waals surface area contributed by atoms with Gasteiger partial charge in [0.05, 0.1) is 6.61 Å². The second-order valence-electron chi connectivity index (χ2n) is 1.74. The summed E-state index contributed by atoms with van der Waals surface area (Å²) in [6, 6.07) is 0. The Morgan fingerprint density at radius 1 is 1.33 bits per heavy atom. The molecule has 0 saturated heterocycles. The fourth-order valence-electron chi connectivity index (χ4n) is 0.342. The van der Waals surface area contributed by atoms with Gasteiger partial charge >= 0.3 is 14.1 Å². The summed E-state index contributed by atoms with van der Waals surface area (Å²) in [5, 5.41) is 0. The molecule has 0 amide bonds. The monoisotopic (exact) mass is 210 g/mol. The minimum atomic E-state index is -5.01. The Bertz CT molecular complexity index is 180. The molecule has 0 radical (unpaired) electrons. The Balaban J connectivity index is 3.84. The molecule has 1 atom stereocenters. The van der Waals surface area contributed by atoms with E-state index < -0.39 is 20.7 Å². The molecule has 8 heteroatoms. The smallest absolute Gasteiger partial charge is 0.284 e. The Kier molecular flexibility index (Phi) is 4.16. The average Bonchev–Trinajstić information content (AvgIpc) is 1.83. The molecule has 0 fully saturated rings. The molecule has 0 aliphatic carbocycles. The van der Waals surface area contributed by atoms with Gasteiger partial charge in [0.1, 0.15) is 0 Å². The van der Waals surface area contributed by atoms with Crippen molar-refractivity contribution in [3.05, 3.63) is 0 Å². The van der Waals surface area contributed by atoms with Crippen LogP contribution in [0.2, 0.25) is 0 Å². The number of rotatable bonds is 4. The molecule has 74 valence electrons. The fraction of sp³-hybridized carbons (Fsp3) is 1.00. The van der Waals surface area contributed by atoms with Crippen molar-refractivity contribution in [1.29, 1.82) is 0 Å². The third-order valence-electron chi connectivity index (χ3n) is 0.666. The van der Waals surface area contributed by atoms with Gasteiger partial charge in [-0.25, -0.2) is 4.57 Å². The molecule has 1 unspecified atom stereocenters. The van der Waals surface area contributed by atoms with E-state index in [4.69, 9.17) is 0 Å². The van der Waals surface area contributed by atoms with Gasteiger partial charge in [0.25, 0.3) is 0 Å². The van der Waals surface area contributed by atoms with Crippen molar-refractivity contribution in [2.75, 3.05) is 13.2 Å². The van der Waals surface area contributed by atoms with Crippen molar-refractivity contribution in [3.8, 4) is 0 Å². The Morgan fingerprint density at radius 3 is 2.17 bits per heavy atom. The van der Waals surface area contributed by atoms with Crippen molar-refractivity contribution in [2.24, 2.45) is 0 Å². The van der Waals surface area contributed by atoms with E-state index in [2.05, 4.69) is 9.05 Å². The third-order valence-corrected chi connectivity index (χ3v) is 1.67. The van der Waals surface area contributed by atoms with Crippen LogP contribution in [0, 0.1) is 0 Å². The predicted molar refractivity (Wildman–Crippen MR) is 32.3 cm³/mol. The highest BCUT2D eigenvalue weighted by atomic mass is 31.2. The number of halogens is 4. The Morgan fingerprint density at radius 2 is 1.83 bits per heavy atom. The van der Waals surface area contributed by atoms with Crippen LogP contribution < -0.4 is 0 Å². The molecule has 0 bridgehead atoms. The van der Waals surface area contributed by atoms with Crippen molar-refractivity contribution in [1.82, 2.24) is 0 Å². The molecule has 0 spiro atoms. The predicted octanol–water partition coefficient (Wildman–Crippen LogP) is 2.68. The molecule has 0 rings (SSSR count). The van der Waals surface area contributed by atoms with Crippen LogP contribution in [0.3, 0.4) is 0 Å². The molecule has 0 aliphatic rings. The Labute approximate surface area is 66.3 Å². The Hall–Kier alpha value is -0.130. The molecule has 0 aromatic rings. The van der Waals surface area contributed by atoms with Crippen LogP contribution in [0.1, 0.15) is 6.92 Å². The van der Waals surface area contributed by atoms with Gasteiger partial charge in [-0.1, -0.05) is 0 Å². The molecule has 0 aromatic carbocycles. The van der Waals surface area contributed by atoms with Gasteiger partial charge in [-0.05, 0) is 6.92 Å². The van der Waals surface area contributed by atoms with Gasteiger partial charge in [0.2, 0.25) is 0 Å². The first-order chi connectivity index (χ1) is 5.27. The van der Waals surface area contributed by atoms with Gasteiger partial charge in [-0.15, -0.1) is 4.20 Å². The maximum absolute atomic E-state index is 12.2. The van der Waals surface area contributed by atoms with Crippen LogP contribution >= 0.6 is 7.91 Å². The van der Waals surface area contributed by atoms with Crippen LogP contribution in [-0.2, 0) is 13.6 Å². The van der Waals surface area contributed by atoms with E-state index in [9.17, 15) is 21.9 Å². The zero-order valence-electron chi connectivity index (χ0n) is 6.10. The number of alkyl halides is 3. The van der Waals surface area contributed by atoms with E-state index in [0.29, 0.717) is 0 Å². The van der Waals surface area contributed by atoms with E-state index in [1.165, 1.54) is 6.92 Å². The topological polar surface area (TPSA) is 35.5 Å². The lowest BCUT2D eigenvalue weighted by atomic mass is 10.7. The molecular weight excluding hydrogens is 203 g/mol. The highest BCUT2D eigenvalue weighted by Crippen LogP contribution is 2.50. The van der Waals surface area contributed by atoms with Crippen LogP contribution in [0.4, 0.5) is 17.4 Å². The summed E-state index contributed by atoms with van der Waals surface area (Å²) in [4.78, 5) is 0. The average molecular weight is 210 g/mol. The van der Waals surface area contributed by atoms with Crippen LogP contribution in [-0.4, -0.2) is 19.4 Å². The first kappa shape index (κ1) is 11.9. The second-order valence-corrected chi connectivity index (χ2v) is 3.11. The quantitative estimate of drug-likeness (QED) is 0.528. The summed E-state index contributed by atoms with van der Waals surface area (Å²) in [7, 11) is -5.01. The maximum Gasteiger partial charge on any atom is 0.513 e. The van der Waals surface area contributed by atoms with E-state index >= 15 is 0 Å². The summed E-state index contributed by atoms with van der Waals surface area (Å²) in [6.07, 6.45) is -4.71. The van der Waals surface area contributed by atoms with Crippen LogP contribution in [0.5, 0.6) is 0 Å². The standard InChI is InChI=1S/C4H7F4O3P/c1-2-10-12(8,9)11-3-4(5,6)7/h2-3H2,1H3.